The average Bonchev–Trinajstić information content (AvgIpc) is 2.07. The summed E-state index contributed by atoms with van der Waals surface area (Å²) in [5.74, 6) is 0.744. The Morgan fingerprint density at radius 3 is 2.50 bits per heavy atom. The molecule has 1 saturated heterocycles. The van der Waals surface area contributed by atoms with E-state index in [4.69, 9.17) is 27.9 Å². The van der Waals surface area contributed by atoms with Crippen LogP contribution in [-0.2, 0) is 10.2 Å². The zero-order chi connectivity index (χ0) is 10.2. The fourth-order valence-electron chi connectivity index (χ4n) is 1.60. The van der Waals surface area contributed by atoms with Gasteiger partial charge in [-0.15, -0.1) is 0 Å². The molecule has 14 heavy (non-hydrogen) atoms. The van der Waals surface area contributed by atoms with Gasteiger partial charge in [-0.2, -0.15) is 12.6 Å². The molecule has 2 rings (SSSR count). The van der Waals surface area contributed by atoms with E-state index in [9.17, 15) is 0 Å². The molecule has 0 radical (unpaired) electrons. The Morgan fingerprint density at radius 2 is 2.07 bits per heavy atom. The Kier molecular flexibility index (Phi) is 2.98. The summed E-state index contributed by atoms with van der Waals surface area (Å²) in [6.07, 6.45) is 0. The van der Waals surface area contributed by atoms with Gasteiger partial charge in [0.25, 0.3) is 0 Å². The van der Waals surface area contributed by atoms with Gasteiger partial charge in [0.15, 0.2) is 0 Å². The topological polar surface area (TPSA) is 9.23 Å². The highest BCUT2D eigenvalue weighted by atomic mass is 35.5. The maximum Gasteiger partial charge on any atom is 0.0594 e. The van der Waals surface area contributed by atoms with Crippen molar-refractivity contribution in [3.05, 3.63) is 33.8 Å². The van der Waals surface area contributed by atoms with Crippen molar-refractivity contribution in [3.63, 3.8) is 0 Å². The normalized spacial score (nSPS) is 19.1. The van der Waals surface area contributed by atoms with Gasteiger partial charge in [0.05, 0.1) is 18.6 Å². The summed E-state index contributed by atoms with van der Waals surface area (Å²) >= 11 is 16.3. The van der Waals surface area contributed by atoms with Gasteiger partial charge >= 0.3 is 0 Å². The van der Waals surface area contributed by atoms with Crippen LogP contribution in [0.15, 0.2) is 18.2 Å². The Labute approximate surface area is 98.8 Å². The monoisotopic (exact) mass is 248 g/mol. The first kappa shape index (κ1) is 10.6. The van der Waals surface area contributed by atoms with Crippen LogP contribution in [0.1, 0.15) is 5.56 Å². The molecule has 1 aromatic rings. The molecule has 4 heteroatoms. The molecule has 0 saturated carbocycles. The molecular formula is C10H10Cl2OS. The van der Waals surface area contributed by atoms with Gasteiger partial charge in [0.1, 0.15) is 0 Å². The van der Waals surface area contributed by atoms with Crippen molar-refractivity contribution in [2.24, 2.45) is 0 Å². The van der Waals surface area contributed by atoms with Crippen LogP contribution in [-0.4, -0.2) is 19.0 Å². The summed E-state index contributed by atoms with van der Waals surface area (Å²) in [5.41, 5.74) is 1.08. The quantitative estimate of drug-likeness (QED) is 0.792. The van der Waals surface area contributed by atoms with Crippen molar-refractivity contribution in [1.82, 2.24) is 0 Å². The number of rotatable bonds is 2. The minimum absolute atomic E-state index is 0.00914. The molecule has 0 aromatic heterocycles. The zero-order valence-electron chi connectivity index (χ0n) is 7.46. The van der Waals surface area contributed by atoms with Gasteiger partial charge < -0.3 is 4.74 Å². The summed E-state index contributed by atoms with van der Waals surface area (Å²) < 4.78 is 5.23. The van der Waals surface area contributed by atoms with Crippen LogP contribution in [0.5, 0.6) is 0 Å². The minimum atomic E-state index is -0.00914. The van der Waals surface area contributed by atoms with E-state index in [1.165, 1.54) is 0 Å². The minimum Gasteiger partial charge on any atom is -0.379 e. The standard InChI is InChI=1S/C10H10Cl2OS/c11-7-1-2-8(9(12)3-7)10(6-14)4-13-5-10/h1-3,14H,4-6H2. The lowest BCUT2D eigenvalue weighted by atomic mass is 9.80. The van der Waals surface area contributed by atoms with Crippen LogP contribution in [0, 0.1) is 0 Å². The van der Waals surface area contributed by atoms with Crippen LogP contribution in [0.4, 0.5) is 0 Å². The van der Waals surface area contributed by atoms with E-state index in [2.05, 4.69) is 12.6 Å². The van der Waals surface area contributed by atoms with Crippen LogP contribution in [0.25, 0.3) is 0 Å². The molecule has 0 bridgehead atoms. The third kappa shape index (κ3) is 1.65. The van der Waals surface area contributed by atoms with Crippen LogP contribution < -0.4 is 0 Å². The molecule has 0 unspecified atom stereocenters. The SMILES string of the molecule is SCC1(c2ccc(Cl)cc2Cl)COC1. The van der Waals surface area contributed by atoms with Crippen molar-refractivity contribution in [1.29, 1.82) is 0 Å². The van der Waals surface area contributed by atoms with Gasteiger partial charge in [-0.1, -0.05) is 29.3 Å². The van der Waals surface area contributed by atoms with Gasteiger partial charge in [-0.3, -0.25) is 0 Å². The number of benzene rings is 1. The molecule has 0 amide bonds. The summed E-state index contributed by atoms with van der Waals surface area (Å²) in [4.78, 5) is 0. The van der Waals surface area contributed by atoms with E-state index in [1.807, 2.05) is 12.1 Å². The van der Waals surface area contributed by atoms with Gasteiger partial charge in [-0.25, -0.2) is 0 Å². The van der Waals surface area contributed by atoms with Crippen molar-refractivity contribution >= 4 is 35.8 Å². The molecule has 1 nitrogen and oxygen atoms in total. The molecule has 1 fully saturated rings. The van der Waals surface area contributed by atoms with Crippen LogP contribution >= 0.6 is 35.8 Å². The molecule has 76 valence electrons. The average molecular weight is 249 g/mol. The summed E-state index contributed by atoms with van der Waals surface area (Å²) in [7, 11) is 0. The van der Waals surface area contributed by atoms with E-state index in [0.717, 1.165) is 11.3 Å². The molecule has 0 aliphatic carbocycles. The predicted octanol–water partition coefficient (Wildman–Crippen LogP) is 3.19. The van der Waals surface area contributed by atoms with Crippen LogP contribution in [0.3, 0.4) is 0 Å². The summed E-state index contributed by atoms with van der Waals surface area (Å²) in [6.45, 7) is 1.38. The van der Waals surface area contributed by atoms with Gasteiger partial charge in [-0.05, 0) is 17.7 Å². The molecule has 1 aliphatic rings. The summed E-state index contributed by atoms with van der Waals surface area (Å²) in [6, 6.07) is 5.58. The number of hydrogen-bond acceptors (Lipinski definition) is 2. The number of ether oxygens (including phenoxy) is 1. The third-order valence-corrected chi connectivity index (χ3v) is 3.71. The highest BCUT2D eigenvalue weighted by Gasteiger charge is 2.40. The molecule has 1 aromatic carbocycles. The van der Waals surface area contributed by atoms with E-state index in [1.54, 1.807) is 6.07 Å². The van der Waals surface area contributed by atoms with Crippen molar-refractivity contribution in [3.8, 4) is 0 Å². The highest BCUT2D eigenvalue weighted by Crippen LogP contribution is 2.38. The van der Waals surface area contributed by atoms with E-state index >= 15 is 0 Å². The molecule has 0 atom stereocenters. The maximum atomic E-state index is 6.13. The number of hydrogen-bond donors (Lipinski definition) is 1. The smallest absolute Gasteiger partial charge is 0.0594 e. The largest absolute Gasteiger partial charge is 0.379 e. The molecule has 0 spiro atoms. The van der Waals surface area contributed by atoms with Crippen molar-refractivity contribution < 1.29 is 4.74 Å². The lowest BCUT2D eigenvalue weighted by Gasteiger charge is -2.41. The first-order chi connectivity index (χ1) is 6.68. The summed E-state index contributed by atoms with van der Waals surface area (Å²) in [5, 5.41) is 1.36. The Hall–Kier alpha value is 0.110. The Bertz CT molecular complexity index is 344. The predicted molar refractivity (Wildman–Crippen MR) is 62.8 cm³/mol. The van der Waals surface area contributed by atoms with Crippen LogP contribution in [0.2, 0.25) is 10.0 Å². The van der Waals surface area contributed by atoms with Gasteiger partial charge in [0, 0.05) is 15.8 Å². The molecular weight excluding hydrogens is 239 g/mol. The Morgan fingerprint density at radius 1 is 1.36 bits per heavy atom. The van der Waals surface area contributed by atoms with Crippen molar-refractivity contribution in [2.45, 2.75) is 5.41 Å². The Balaban J connectivity index is 2.40. The fourth-order valence-corrected chi connectivity index (χ4v) is 2.56. The second-order valence-electron chi connectivity index (χ2n) is 3.56. The second-order valence-corrected chi connectivity index (χ2v) is 4.72. The highest BCUT2D eigenvalue weighted by molar-refractivity contribution is 7.80. The van der Waals surface area contributed by atoms with E-state index in [-0.39, 0.29) is 5.41 Å². The zero-order valence-corrected chi connectivity index (χ0v) is 9.87. The lowest BCUT2D eigenvalue weighted by Crippen LogP contribution is -2.48. The third-order valence-electron chi connectivity index (χ3n) is 2.56. The molecule has 1 aliphatic heterocycles. The van der Waals surface area contributed by atoms with Gasteiger partial charge in [0.2, 0.25) is 0 Å². The maximum absolute atomic E-state index is 6.13. The van der Waals surface area contributed by atoms with E-state index in [0.29, 0.717) is 23.3 Å². The van der Waals surface area contributed by atoms with E-state index < -0.39 is 0 Å². The number of thiol groups is 1. The number of halogens is 2. The first-order valence-corrected chi connectivity index (χ1v) is 5.71. The van der Waals surface area contributed by atoms with Crippen molar-refractivity contribution in [2.75, 3.05) is 19.0 Å². The second kappa shape index (κ2) is 3.93. The molecule has 0 N–H and O–H groups in total. The molecule has 1 heterocycles. The lowest BCUT2D eigenvalue weighted by molar-refractivity contribution is -0.0470. The fraction of sp³-hybridized carbons (Fsp3) is 0.400. The first-order valence-electron chi connectivity index (χ1n) is 4.32.